The number of ketones is 1. The summed E-state index contributed by atoms with van der Waals surface area (Å²) in [4.78, 5) is 27.7. The first-order valence-electron chi connectivity index (χ1n) is 13.7. The van der Waals surface area contributed by atoms with Crippen molar-refractivity contribution in [3.8, 4) is 17.2 Å². The molecule has 7 nitrogen and oxygen atoms in total. The highest BCUT2D eigenvalue weighted by atomic mass is 16.5. The molecule has 0 aromatic heterocycles. The number of dihydropyridines is 1. The fourth-order valence-electron chi connectivity index (χ4n) is 5.77. The summed E-state index contributed by atoms with van der Waals surface area (Å²) in [5.74, 6) is 0.833. The normalized spacial score (nSPS) is 18.4. The van der Waals surface area contributed by atoms with Crippen molar-refractivity contribution in [2.45, 2.75) is 38.0 Å². The van der Waals surface area contributed by atoms with Crippen molar-refractivity contribution in [3.05, 3.63) is 112 Å². The first kappa shape index (κ1) is 28.0. The number of carbonyl (C=O) groups is 2. The largest absolute Gasteiger partial charge is 0.497 e. The number of hydrogen-bond acceptors (Lipinski definition) is 7. The van der Waals surface area contributed by atoms with Crippen molar-refractivity contribution in [1.82, 2.24) is 5.32 Å². The Morgan fingerprint density at radius 2 is 1.59 bits per heavy atom. The van der Waals surface area contributed by atoms with Gasteiger partial charge in [0.2, 0.25) is 0 Å². The highest BCUT2D eigenvalue weighted by Crippen LogP contribution is 2.48. The maximum atomic E-state index is 14.0. The highest BCUT2D eigenvalue weighted by molar-refractivity contribution is 6.04. The molecular weight excluding hydrogens is 518 g/mol. The quantitative estimate of drug-likeness (QED) is 0.332. The summed E-state index contributed by atoms with van der Waals surface area (Å²) < 4.78 is 22.3. The number of carbonyl (C=O) groups excluding carboxylic acids is 2. The van der Waals surface area contributed by atoms with Gasteiger partial charge in [0, 0.05) is 41.4 Å². The van der Waals surface area contributed by atoms with Crippen LogP contribution in [0.25, 0.3) is 0 Å². The minimum atomic E-state index is -0.638. The van der Waals surface area contributed by atoms with Crippen LogP contribution in [0.4, 0.5) is 0 Å². The topological polar surface area (TPSA) is 83.1 Å². The van der Waals surface area contributed by atoms with Gasteiger partial charge in [-0.2, -0.15) is 0 Å². The second kappa shape index (κ2) is 12.3. The number of ether oxygens (including phenoxy) is 4. The predicted molar refractivity (Wildman–Crippen MR) is 156 cm³/mol. The van der Waals surface area contributed by atoms with Crippen LogP contribution >= 0.6 is 0 Å². The molecule has 2 aliphatic rings. The summed E-state index contributed by atoms with van der Waals surface area (Å²) >= 11 is 0. The SMILES string of the molecule is COc1ccc(C2CC(=O)C3=C(C2)NC(C)=C(C(=O)OCCc2ccccc2)C3c2ccc(OC)cc2OC)cc1. The molecule has 212 valence electrons. The zero-order valence-electron chi connectivity index (χ0n) is 23.9. The lowest BCUT2D eigenvalue weighted by molar-refractivity contribution is -0.139. The average Bonchev–Trinajstić information content (AvgIpc) is 3.00. The molecule has 5 rings (SSSR count). The Kier molecular flexibility index (Phi) is 8.43. The van der Waals surface area contributed by atoms with Gasteiger partial charge in [-0.25, -0.2) is 4.79 Å². The van der Waals surface area contributed by atoms with Crippen LogP contribution in [0.3, 0.4) is 0 Å². The third kappa shape index (κ3) is 5.85. The number of allylic oxidation sites excluding steroid dienone is 3. The maximum Gasteiger partial charge on any atom is 0.336 e. The summed E-state index contributed by atoms with van der Waals surface area (Å²) in [6.07, 6.45) is 1.56. The monoisotopic (exact) mass is 553 g/mol. The summed E-state index contributed by atoms with van der Waals surface area (Å²) in [6, 6.07) is 23.2. The van der Waals surface area contributed by atoms with Crippen molar-refractivity contribution < 1.29 is 28.5 Å². The van der Waals surface area contributed by atoms with E-state index < -0.39 is 11.9 Å². The van der Waals surface area contributed by atoms with Crippen LogP contribution in [0.2, 0.25) is 0 Å². The smallest absolute Gasteiger partial charge is 0.336 e. The standard InChI is InChI=1S/C34H35NO6/c1-21-31(34(37)41-17-16-22-8-6-5-7-9-22)32(27-15-14-26(39-3)20-30(27)40-4)33-28(35-21)18-24(19-29(33)36)23-10-12-25(38-2)13-11-23/h5-15,20,24,32,35H,16-19H2,1-4H3. The Labute approximate surface area is 240 Å². The van der Waals surface area contributed by atoms with Gasteiger partial charge < -0.3 is 24.3 Å². The van der Waals surface area contributed by atoms with E-state index in [4.69, 9.17) is 18.9 Å². The molecule has 0 spiro atoms. The van der Waals surface area contributed by atoms with Crippen LogP contribution in [0.1, 0.15) is 48.3 Å². The number of rotatable bonds is 9. The fourth-order valence-corrected chi connectivity index (χ4v) is 5.77. The number of esters is 1. The van der Waals surface area contributed by atoms with E-state index in [1.54, 1.807) is 27.4 Å². The summed E-state index contributed by atoms with van der Waals surface area (Å²) in [6.45, 7) is 2.09. The fraction of sp³-hybridized carbons (Fsp3) is 0.294. The van der Waals surface area contributed by atoms with E-state index in [-0.39, 0.29) is 18.3 Å². The minimum Gasteiger partial charge on any atom is -0.497 e. The van der Waals surface area contributed by atoms with Crippen molar-refractivity contribution in [3.63, 3.8) is 0 Å². The van der Waals surface area contributed by atoms with Crippen LogP contribution in [0, 0.1) is 0 Å². The Bertz CT molecular complexity index is 1490. The van der Waals surface area contributed by atoms with E-state index >= 15 is 0 Å². The van der Waals surface area contributed by atoms with E-state index in [0.717, 1.165) is 22.6 Å². The van der Waals surface area contributed by atoms with Crippen LogP contribution in [-0.4, -0.2) is 39.7 Å². The summed E-state index contributed by atoms with van der Waals surface area (Å²) in [5.41, 5.74) is 5.35. The zero-order chi connectivity index (χ0) is 28.9. The van der Waals surface area contributed by atoms with Gasteiger partial charge in [0.25, 0.3) is 0 Å². The average molecular weight is 554 g/mol. The molecule has 0 amide bonds. The van der Waals surface area contributed by atoms with E-state index in [0.29, 0.717) is 53.2 Å². The molecule has 1 heterocycles. The lowest BCUT2D eigenvalue weighted by atomic mass is 9.71. The Morgan fingerprint density at radius 3 is 2.27 bits per heavy atom. The Balaban J connectivity index is 1.51. The molecule has 1 N–H and O–H groups in total. The van der Waals surface area contributed by atoms with Gasteiger partial charge in [-0.1, -0.05) is 48.5 Å². The molecule has 0 fully saturated rings. The van der Waals surface area contributed by atoms with Gasteiger partial charge in [0.1, 0.15) is 17.2 Å². The molecule has 2 unspecified atom stereocenters. The molecule has 1 aliphatic carbocycles. The second-order valence-corrected chi connectivity index (χ2v) is 10.3. The van der Waals surface area contributed by atoms with Crippen molar-refractivity contribution >= 4 is 11.8 Å². The Morgan fingerprint density at radius 1 is 0.878 bits per heavy atom. The first-order valence-corrected chi connectivity index (χ1v) is 13.7. The maximum absolute atomic E-state index is 14.0. The van der Waals surface area contributed by atoms with E-state index in [2.05, 4.69) is 5.32 Å². The van der Waals surface area contributed by atoms with E-state index in [1.165, 1.54) is 0 Å². The molecule has 0 saturated heterocycles. The molecule has 3 aromatic rings. The molecule has 41 heavy (non-hydrogen) atoms. The van der Waals surface area contributed by atoms with Gasteiger partial charge in [-0.05, 0) is 48.6 Å². The number of Topliss-reactive ketones (excluding diaryl/α,β-unsaturated/α-hetero) is 1. The van der Waals surface area contributed by atoms with Crippen LogP contribution in [0.5, 0.6) is 17.2 Å². The predicted octanol–water partition coefficient (Wildman–Crippen LogP) is 5.86. The zero-order valence-corrected chi connectivity index (χ0v) is 23.9. The number of benzene rings is 3. The molecule has 7 heteroatoms. The van der Waals surface area contributed by atoms with Gasteiger partial charge in [0.15, 0.2) is 5.78 Å². The van der Waals surface area contributed by atoms with Crippen molar-refractivity contribution in [2.24, 2.45) is 0 Å². The lowest BCUT2D eigenvalue weighted by Gasteiger charge is -2.37. The number of methoxy groups -OCH3 is 3. The van der Waals surface area contributed by atoms with Crippen molar-refractivity contribution in [2.75, 3.05) is 27.9 Å². The van der Waals surface area contributed by atoms with Gasteiger partial charge >= 0.3 is 5.97 Å². The lowest BCUT2D eigenvalue weighted by Crippen LogP contribution is -2.36. The molecule has 0 bridgehead atoms. The third-order valence-electron chi connectivity index (χ3n) is 7.85. The molecule has 1 aliphatic heterocycles. The number of hydrogen-bond donors (Lipinski definition) is 1. The molecule has 0 radical (unpaired) electrons. The molecule has 2 atom stereocenters. The van der Waals surface area contributed by atoms with Gasteiger partial charge in [0.05, 0.1) is 39.4 Å². The number of nitrogens with one attached hydrogen (secondary N) is 1. The van der Waals surface area contributed by atoms with Crippen LogP contribution < -0.4 is 19.5 Å². The summed E-state index contributed by atoms with van der Waals surface area (Å²) in [5, 5.41) is 3.42. The van der Waals surface area contributed by atoms with Crippen LogP contribution in [0.15, 0.2) is 95.3 Å². The molecule has 0 saturated carbocycles. The summed E-state index contributed by atoms with van der Waals surface area (Å²) in [7, 11) is 4.80. The van der Waals surface area contributed by atoms with Gasteiger partial charge in [-0.3, -0.25) is 4.79 Å². The highest BCUT2D eigenvalue weighted by Gasteiger charge is 2.42. The second-order valence-electron chi connectivity index (χ2n) is 10.3. The Hall–Kier alpha value is -4.52. The van der Waals surface area contributed by atoms with E-state index in [1.807, 2.05) is 73.7 Å². The van der Waals surface area contributed by atoms with Crippen molar-refractivity contribution in [1.29, 1.82) is 0 Å². The van der Waals surface area contributed by atoms with Crippen LogP contribution in [-0.2, 0) is 20.7 Å². The van der Waals surface area contributed by atoms with E-state index in [9.17, 15) is 9.59 Å². The third-order valence-corrected chi connectivity index (χ3v) is 7.85. The molecular formula is C34H35NO6. The van der Waals surface area contributed by atoms with Gasteiger partial charge in [-0.15, -0.1) is 0 Å². The first-order chi connectivity index (χ1) is 19.9. The molecule has 3 aromatic carbocycles. The minimum absolute atomic E-state index is 0.00485.